The van der Waals surface area contributed by atoms with Crippen molar-refractivity contribution < 1.29 is 9.53 Å². The van der Waals surface area contributed by atoms with Crippen LogP contribution in [-0.4, -0.2) is 23.6 Å². The van der Waals surface area contributed by atoms with Crippen molar-refractivity contribution in [1.82, 2.24) is 4.98 Å². The molecule has 1 aliphatic rings. The minimum absolute atomic E-state index is 0.321. The number of ether oxygens (including phenoxy) is 1. The van der Waals surface area contributed by atoms with E-state index in [0.29, 0.717) is 33.8 Å². The van der Waals surface area contributed by atoms with Crippen LogP contribution in [0.15, 0.2) is 18.3 Å². The lowest BCUT2D eigenvalue weighted by Gasteiger charge is -2.25. The van der Waals surface area contributed by atoms with Gasteiger partial charge in [0.2, 0.25) is 0 Å². The number of carbonyl (C=O) groups excluding carboxylic acids is 1. The van der Waals surface area contributed by atoms with Gasteiger partial charge in [0.25, 0.3) is 0 Å². The molecule has 1 N–H and O–H groups in total. The number of hydrogen-bond acceptors (Lipinski definition) is 4. The maximum absolute atomic E-state index is 12.3. The highest BCUT2D eigenvalue weighted by Gasteiger charge is 2.22. The molecule has 1 aromatic carbocycles. The Morgan fingerprint density at radius 3 is 2.75 bits per heavy atom. The number of hydrogen-bond donors (Lipinski definition) is 1. The van der Waals surface area contributed by atoms with Gasteiger partial charge in [-0.3, -0.25) is 4.98 Å². The van der Waals surface area contributed by atoms with E-state index < -0.39 is 0 Å². The number of nitrogens with one attached hydrogen (secondary N) is 1. The lowest BCUT2D eigenvalue weighted by Crippen LogP contribution is -2.24. The van der Waals surface area contributed by atoms with Crippen LogP contribution >= 0.6 is 23.2 Å². The first-order chi connectivity index (χ1) is 11.6. The number of halogens is 2. The van der Waals surface area contributed by atoms with E-state index in [1.54, 1.807) is 13.0 Å². The largest absolute Gasteiger partial charge is 0.462 e. The number of carbonyl (C=O) groups is 1. The number of pyridine rings is 1. The van der Waals surface area contributed by atoms with Gasteiger partial charge in [-0.15, -0.1) is 0 Å². The van der Waals surface area contributed by atoms with Crippen molar-refractivity contribution in [2.75, 3.05) is 11.9 Å². The fourth-order valence-electron chi connectivity index (χ4n) is 3.18. The van der Waals surface area contributed by atoms with Gasteiger partial charge in [-0.05, 0) is 31.9 Å². The first kappa shape index (κ1) is 17.3. The molecule has 1 fully saturated rings. The van der Waals surface area contributed by atoms with Crippen LogP contribution in [0.4, 0.5) is 5.69 Å². The molecule has 1 saturated carbocycles. The molecule has 0 atom stereocenters. The molecular weight excluding hydrogens is 347 g/mol. The predicted octanol–water partition coefficient (Wildman–Crippen LogP) is 5.46. The molecule has 4 nitrogen and oxygen atoms in total. The van der Waals surface area contributed by atoms with Crippen molar-refractivity contribution in [3.63, 3.8) is 0 Å². The molecule has 1 aliphatic carbocycles. The highest BCUT2D eigenvalue weighted by Crippen LogP contribution is 2.36. The Hall–Kier alpha value is -1.52. The second-order valence-electron chi connectivity index (χ2n) is 6.00. The lowest BCUT2D eigenvalue weighted by atomic mass is 9.94. The minimum Gasteiger partial charge on any atom is -0.462 e. The number of fused-ring (bicyclic) bond motifs is 1. The Kier molecular flexibility index (Phi) is 5.47. The molecule has 0 amide bonds. The van der Waals surface area contributed by atoms with Crippen LogP contribution in [0.25, 0.3) is 10.9 Å². The summed E-state index contributed by atoms with van der Waals surface area (Å²) in [5, 5.41) is 5.18. The van der Waals surface area contributed by atoms with Crippen LogP contribution < -0.4 is 5.32 Å². The van der Waals surface area contributed by atoms with E-state index in [9.17, 15) is 4.79 Å². The van der Waals surface area contributed by atoms with Gasteiger partial charge in [-0.1, -0.05) is 42.5 Å². The minimum atomic E-state index is -0.378. The summed E-state index contributed by atoms with van der Waals surface area (Å²) in [6, 6.07) is 3.92. The molecule has 0 spiro atoms. The highest BCUT2D eigenvalue weighted by molar-refractivity contribution is 6.45. The van der Waals surface area contributed by atoms with Crippen molar-refractivity contribution in [2.24, 2.45) is 0 Å². The smallest absolute Gasteiger partial charge is 0.341 e. The fraction of sp³-hybridized carbons (Fsp3) is 0.444. The average Bonchev–Trinajstić information content (AvgIpc) is 2.59. The molecule has 2 aromatic rings. The zero-order valence-electron chi connectivity index (χ0n) is 13.6. The summed E-state index contributed by atoms with van der Waals surface area (Å²) < 4.78 is 5.18. The third-order valence-corrected chi connectivity index (χ3v) is 5.17. The first-order valence-electron chi connectivity index (χ1n) is 8.32. The van der Waals surface area contributed by atoms with Crippen LogP contribution in [0.1, 0.15) is 49.4 Å². The van der Waals surface area contributed by atoms with Crippen molar-refractivity contribution in [2.45, 2.75) is 45.1 Å². The van der Waals surface area contributed by atoms with Gasteiger partial charge in [-0.25, -0.2) is 4.79 Å². The quantitative estimate of drug-likeness (QED) is 0.729. The summed E-state index contributed by atoms with van der Waals surface area (Å²) >= 11 is 12.4. The summed E-state index contributed by atoms with van der Waals surface area (Å²) in [5.41, 5.74) is 1.77. The zero-order valence-corrected chi connectivity index (χ0v) is 15.1. The Labute approximate surface area is 151 Å². The topological polar surface area (TPSA) is 51.2 Å². The van der Waals surface area contributed by atoms with Crippen LogP contribution in [-0.2, 0) is 4.74 Å². The van der Waals surface area contributed by atoms with E-state index in [2.05, 4.69) is 10.3 Å². The zero-order chi connectivity index (χ0) is 17.1. The number of benzene rings is 1. The normalized spacial score (nSPS) is 15.5. The van der Waals surface area contributed by atoms with E-state index in [4.69, 9.17) is 27.9 Å². The van der Waals surface area contributed by atoms with Crippen molar-refractivity contribution >= 4 is 45.8 Å². The van der Waals surface area contributed by atoms with Crippen LogP contribution in [0.3, 0.4) is 0 Å². The average molecular weight is 367 g/mol. The Bertz CT molecular complexity index is 758. The van der Waals surface area contributed by atoms with E-state index in [-0.39, 0.29) is 5.97 Å². The van der Waals surface area contributed by atoms with Gasteiger partial charge >= 0.3 is 5.97 Å². The maximum atomic E-state index is 12.3. The first-order valence-corrected chi connectivity index (χ1v) is 9.07. The lowest BCUT2D eigenvalue weighted by molar-refractivity contribution is 0.0527. The van der Waals surface area contributed by atoms with Crippen LogP contribution in [0, 0.1) is 0 Å². The monoisotopic (exact) mass is 366 g/mol. The molecular formula is C18H20Cl2N2O2. The molecule has 1 heterocycles. The maximum Gasteiger partial charge on any atom is 0.341 e. The molecule has 0 radical (unpaired) electrons. The third kappa shape index (κ3) is 3.45. The summed E-state index contributed by atoms with van der Waals surface area (Å²) in [5.74, 6) is -0.378. The van der Waals surface area contributed by atoms with Gasteiger partial charge in [0.15, 0.2) is 0 Å². The van der Waals surface area contributed by atoms with Gasteiger partial charge in [0, 0.05) is 17.6 Å². The summed E-state index contributed by atoms with van der Waals surface area (Å²) in [4.78, 5) is 16.7. The third-order valence-electron chi connectivity index (χ3n) is 4.38. The second kappa shape index (κ2) is 7.58. The number of rotatable bonds is 4. The SMILES string of the molecule is CCOC(=O)c1cnc2c(Cl)c(Cl)ccc2c1NC1CCCCC1. The molecule has 0 bridgehead atoms. The second-order valence-corrected chi connectivity index (χ2v) is 6.79. The van der Waals surface area contributed by atoms with Gasteiger partial charge in [-0.2, -0.15) is 0 Å². The number of anilines is 1. The molecule has 128 valence electrons. The summed E-state index contributed by atoms with van der Waals surface area (Å²) in [6.45, 7) is 2.11. The highest BCUT2D eigenvalue weighted by atomic mass is 35.5. The Balaban J connectivity index is 2.10. The van der Waals surface area contributed by atoms with E-state index in [1.807, 2.05) is 6.07 Å². The van der Waals surface area contributed by atoms with Crippen molar-refractivity contribution in [1.29, 1.82) is 0 Å². The Morgan fingerprint density at radius 1 is 1.29 bits per heavy atom. The van der Waals surface area contributed by atoms with Crippen LogP contribution in [0.2, 0.25) is 10.0 Å². The molecule has 0 unspecified atom stereocenters. The number of aromatic nitrogens is 1. The van der Waals surface area contributed by atoms with Gasteiger partial charge in [0.1, 0.15) is 5.56 Å². The molecule has 6 heteroatoms. The standard InChI is InChI=1S/C18H20Cl2N2O2/c1-2-24-18(23)13-10-21-17-12(8-9-14(19)15(17)20)16(13)22-11-6-4-3-5-7-11/h8-11H,2-7H2,1H3,(H,21,22). The Morgan fingerprint density at radius 2 is 2.04 bits per heavy atom. The summed E-state index contributed by atoms with van der Waals surface area (Å²) in [7, 11) is 0. The van der Waals surface area contributed by atoms with E-state index in [0.717, 1.165) is 23.9 Å². The summed E-state index contributed by atoms with van der Waals surface area (Å²) in [6.07, 6.45) is 7.36. The van der Waals surface area contributed by atoms with E-state index in [1.165, 1.54) is 25.5 Å². The molecule has 3 rings (SSSR count). The van der Waals surface area contributed by atoms with Crippen molar-refractivity contribution in [3.8, 4) is 0 Å². The molecule has 0 saturated heterocycles. The van der Waals surface area contributed by atoms with Crippen molar-refractivity contribution in [3.05, 3.63) is 33.9 Å². The molecule has 1 aromatic heterocycles. The fourth-order valence-corrected chi connectivity index (χ4v) is 3.54. The van der Waals surface area contributed by atoms with Gasteiger partial charge < -0.3 is 10.1 Å². The predicted molar refractivity (Wildman–Crippen MR) is 98.2 cm³/mol. The van der Waals surface area contributed by atoms with Gasteiger partial charge in [0.05, 0.1) is 27.9 Å². The molecule has 0 aliphatic heterocycles. The van der Waals surface area contributed by atoms with Crippen LogP contribution in [0.5, 0.6) is 0 Å². The van der Waals surface area contributed by atoms with E-state index >= 15 is 0 Å². The molecule has 24 heavy (non-hydrogen) atoms. The number of esters is 1. The number of nitrogens with zero attached hydrogens (tertiary/aromatic N) is 1.